The number of nitrogens with zero attached hydrogens (tertiary/aromatic N) is 1. The Morgan fingerprint density at radius 3 is 2.81 bits per heavy atom. The molecule has 9 heteroatoms. The van der Waals surface area contributed by atoms with Crippen molar-refractivity contribution in [1.82, 2.24) is 10.3 Å². The quantitative estimate of drug-likeness (QED) is 0.849. The number of sulfone groups is 1. The second-order valence-electron chi connectivity index (χ2n) is 4.74. The summed E-state index contributed by atoms with van der Waals surface area (Å²) in [6, 6.07) is 1.65. The first kappa shape index (κ1) is 15.1. The van der Waals surface area contributed by atoms with Crippen LogP contribution in [0, 0.1) is 0 Å². The normalized spacial score (nSPS) is 20.5. The lowest BCUT2D eigenvalue weighted by molar-refractivity contribution is 0.0937. The summed E-state index contributed by atoms with van der Waals surface area (Å²) in [6.45, 7) is 0. The second kappa shape index (κ2) is 5.79. The highest BCUT2D eigenvalue weighted by molar-refractivity contribution is 9.10. The number of hydrogen-bond donors (Lipinski definition) is 1. The Labute approximate surface area is 138 Å². The van der Waals surface area contributed by atoms with Gasteiger partial charge in [-0.2, -0.15) is 0 Å². The minimum atomic E-state index is -2.99. The maximum atomic E-state index is 12.1. The molecular weight excluding hydrogens is 396 g/mol. The summed E-state index contributed by atoms with van der Waals surface area (Å²) in [7, 11) is -2.99. The van der Waals surface area contributed by atoms with E-state index in [0.717, 1.165) is 14.4 Å². The molecule has 2 aromatic rings. The highest BCUT2D eigenvalue weighted by Crippen LogP contribution is 2.32. The van der Waals surface area contributed by atoms with Crippen LogP contribution in [-0.4, -0.2) is 36.9 Å². The molecule has 112 valence electrons. The first-order valence-corrected chi connectivity index (χ1v) is 10.5. The summed E-state index contributed by atoms with van der Waals surface area (Å²) in [5, 5.41) is 7.18. The van der Waals surface area contributed by atoms with E-state index >= 15 is 0 Å². The van der Waals surface area contributed by atoms with E-state index in [2.05, 4.69) is 26.2 Å². The predicted molar refractivity (Wildman–Crippen MR) is 87.7 cm³/mol. The van der Waals surface area contributed by atoms with Gasteiger partial charge < -0.3 is 5.32 Å². The third-order valence-corrected chi connectivity index (χ3v) is 7.55. The van der Waals surface area contributed by atoms with Crippen molar-refractivity contribution in [3.8, 4) is 9.88 Å². The molecule has 1 fully saturated rings. The summed E-state index contributed by atoms with van der Waals surface area (Å²) < 4.78 is 23.8. The van der Waals surface area contributed by atoms with Crippen LogP contribution in [-0.2, 0) is 9.84 Å². The molecule has 0 radical (unpaired) electrons. The molecule has 0 saturated carbocycles. The molecule has 0 aliphatic carbocycles. The number of nitrogens with one attached hydrogen (secondary N) is 1. The molecule has 5 nitrogen and oxygen atoms in total. The Kier molecular flexibility index (Phi) is 4.17. The molecule has 0 aromatic carbocycles. The van der Waals surface area contributed by atoms with Gasteiger partial charge in [-0.1, -0.05) is 0 Å². The first-order valence-electron chi connectivity index (χ1n) is 6.14. The van der Waals surface area contributed by atoms with Crippen molar-refractivity contribution >= 4 is 54.3 Å². The van der Waals surface area contributed by atoms with Gasteiger partial charge in [-0.25, -0.2) is 13.4 Å². The lowest BCUT2D eigenvalue weighted by Crippen LogP contribution is -2.35. The van der Waals surface area contributed by atoms with E-state index in [0.29, 0.717) is 12.1 Å². The number of hydrogen-bond acceptors (Lipinski definition) is 6. The Hall–Kier alpha value is -0.770. The van der Waals surface area contributed by atoms with Crippen LogP contribution in [0.3, 0.4) is 0 Å². The minimum absolute atomic E-state index is 0.0214. The number of rotatable bonds is 3. The molecule has 3 heterocycles. The summed E-state index contributed by atoms with van der Waals surface area (Å²) in [6.07, 6.45) is 0.475. The standard InChI is InChI=1S/C12H11BrN2O3S3/c13-7-3-10(19-4-7)12-15-9(5-20-12)11(16)14-8-1-2-21(17,18)6-8/h3-5,8H,1-2,6H2,(H,14,16). The summed E-state index contributed by atoms with van der Waals surface area (Å²) >= 11 is 6.34. The molecule has 21 heavy (non-hydrogen) atoms. The van der Waals surface area contributed by atoms with Crippen molar-refractivity contribution in [3.63, 3.8) is 0 Å². The molecule has 1 N–H and O–H groups in total. The molecule has 1 aliphatic rings. The van der Waals surface area contributed by atoms with E-state index in [4.69, 9.17) is 0 Å². The largest absolute Gasteiger partial charge is 0.347 e. The van der Waals surface area contributed by atoms with E-state index in [1.54, 1.807) is 16.7 Å². The van der Waals surface area contributed by atoms with Gasteiger partial charge in [-0.3, -0.25) is 4.79 Å². The highest BCUT2D eigenvalue weighted by atomic mass is 79.9. The number of halogens is 1. The fourth-order valence-corrected chi connectivity index (χ4v) is 6.07. The Bertz CT molecular complexity index is 781. The van der Waals surface area contributed by atoms with E-state index in [1.807, 2.05) is 11.4 Å². The van der Waals surface area contributed by atoms with E-state index < -0.39 is 9.84 Å². The van der Waals surface area contributed by atoms with Gasteiger partial charge in [0.15, 0.2) is 9.84 Å². The molecule has 0 spiro atoms. The molecule has 1 atom stereocenters. The number of thiazole rings is 1. The second-order valence-corrected chi connectivity index (χ2v) is 9.65. The average Bonchev–Trinajstić information content (AvgIpc) is 3.09. The predicted octanol–water partition coefficient (Wildman–Crippen LogP) is 2.55. The smallest absolute Gasteiger partial charge is 0.271 e. The van der Waals surface area contributed by atoms with Crippen molar-refractivity contribution < 1.29 is 13.2 Å². The zero-order valence-corrected chi connectivity index (χ0v) is 14.7. The van der Waals surface area contributed by atoms with Crippen LogP contribution < -0.4 is 5.32 Å². The lowest BCUT2D eigenvalue weighted by atomic mass is 10.2. The molecule has 1 saturated heterocycles. The van der Waals surface area contributed by atoms with E-state index in [-0.39, 0.29) is 23.5 Å². The Morgan fingerprint density at radius 2 is 2.19 bits per heavy atom. The van der Waals surface area contributed by atoms with Gasteiger partial charge in [0.25, 0.3) is 5.91 Å². The molecule has 2 aromatic heterocycles. The number of carbonyl (C=O) groups is 1. The molecule has 1 unspecified atom stereocenters. The first-order chi connectivity index (χ1) is 9.93. The molecule has 3 rings (SSSR count). The SMILES string of the molecule is O=C(NC1CCS(=O)(=O)C1)c1csc(-c2cc(Br)cs2)n1. The van der Waals surface area contributed by atoms with Crippen molar-refractivity contribution in [3.05, 3.63) is 27.0 Å². The van der Waals surface area contributed by atoms with Crippen LogP contribution in [0.4, 0.5) is 0 Å². The Morgan fingerprint density at radius 1 is 1.38 bits per heavy atom. The number of amides is 1. The average molecular weight is 407 g/mol. The fraction of sp³-hybridized carbons (Fsp3) is 0.333. The maximum Gasteiger partial charge on any atom is 0.271 e. The molecule has 1 amide bonds. The van der Waals surface area contributed by atoms with Crippen LogP contribution >= 0.6 is 38.6 Å². The summed E-state index contributed by atoms with van der Waals surface area (Å²) in [5.41, 5.74) is 0.337. The van der Waals surface area contributed by atoms with Crippen LogP contribution in [0.1, 0.15) is 16.9 Å². The monoisotopic (exact) mass is 406 g/mol. The third kappa shape index (κ3) is 3.53. The number of carbonyl (C=O) groups excluding carboxylic acids is 1. The fourth-order valence-electron chi connectivity index (χ4n) is 2.08. The van der Waals surface area contributed by atoms with Gasteiger partial charge in [-0.05, 0) is 28.4 Å². The third-order valence-electron chi connectivity index (χ3n) is 3.08. The zero-order chi connectivity index (χ0) is 15.0. The summed E-state index contributed by atoms with van der Waals surface area (Å²) in [4.78, 5) is 17.4. The van der Waals surface area contributed by atoms with Crippen molar-refractivity contribution in [2.24, 2.45) is 0 Å². The number of thiophene rings is 1. The van der Waals surface area contributed by atoms with Gasteiger partial charge in [0.2, 0.25) is 0 Å². The van der Waals surface area contributed by atoms with Crippen molar-refractivity contribution in [2.75, 3.05) is 11.5 Å². The van der Waals surface area contributed by atoms with E-state index in [1.165, 1.54) is 11.3 Å². The van der Waals surface area contributed by atoms with Crippen molar-refractivity contribution in [2.45, 2.75) is 12.5 Å². The molecule has 0 bridgehead atoms. The van der Waals surface area contributed by atoms with Gasteiger partial charge in [0.05, 0.1) is 16.4 Å². The van der Waals surface area contributed by atoms with E-state index in [9.17, 15) is 13.2 Å². The van der Waals surface area contributed by atoms with Crippen LogP contribution in [0.2, 0.25) is 0 Å². The number of aromatic nitrogens is 1. The van der Waals surface area contributed by atoms with Gasteiger partial charge >= 0.3 is 0 Å². The lowest BCUT2D eigenvalue weighted by Gasteiger charge is -2.08. The topological polar surface area (TPSA) is 76.1 Å². The maximum absolute atomic E-state index is 12.1. The van der Waals surface area contributed by atoms with Gasteiger partial charge in [0.1, 0.15) is 10.7 Å². The van der Waals surface area contributed by atoms with Crippen molar-refractivity contribution in [1.29, 1.82) is 0 Å². The molecular formula is C12H11BrN2O3S3. The van der Waals surface area contributed by atoms with Gasteiger partial charge in [-0.15, -0.1) is 22.7 Å². The zero-order valence-electron chi connectivity index (χ0n) is 10.7. The highest BCUT2D eigenvalue weighted by Gasteiger charge is 2.29. The van der Waals surface area contributed by atoms with Gasteiger partial charge in [0, 0.05) is 21.3 Å². The summed E-state index contributed by atoms with van der Waals surface area (Å²) in [5.74, 6) is -0.146. The minimum Gasteiger partial charge on any atom is -0.347 e. The Balaban J connectivity index is 1.70. The van der Waals surface area contributed by atoms with Crippen LogP contribution in [0.25, 0.3) is 9.88 Å². The van der Waals surface area contributed by atoms with Crippen LogP contribution in [0.15, 0.2) is 21.3 Å². The van der Waals surface area contributed by atoms with Crippen LogP contribution in [0.5, 0.6) is 0 Å². The molecule has 1 aliphatic heterocycles.